The minimum absolute atomic E-state index is 0.0261. The second kappa shape index (κ2) is 35.8. The minimum Gasteiger partial charge on any atom is -0.544 e. The fourth-order valence-electron chi connectivity index (χ4n) is 6.20. The van der Waals surface area contributed by atoms with Gasteiger partial charge >= 0.3 is 11.9 Å². The number of quaternary nitrogens is 1. The Kier molecular flexibility index (Phi) is 34.3. The quantitative estimate of drug-likeness (QED) is 0.0269. The molecule has 0 fully saturated rings. The maximum absolute atomic E-state index is 12.6. The molecule has 8 heteroatoms. The Morgan fingerprint density at radius 2 is 1.00 bits per heavy atom. The molecule has 0 heterocycles. The molecule has 0 aromatic rings. The highest BCUT2D eigenvalue weighted by Gasteiger charge is 2.25. The first-order valence-corrected chi connectivity index (χ1v) is 21.4. The van der Waals surface area contributed by atoms with Crippen LogP contribution in [0.3, 0.4) is 0 Å². The molecule has 0 amide bonds. The van der Waals surface area contributed by atoms with Gasteiger partial charge in [-0.15, -0.1) is 0 Å². The summed E-state index contributed by atoms with van der Waals surface area (Å²) >= 11 is 0. The third kappa shape index (κ3) is 33.6. The Hall–Kier alpha value is -2.19. The van der Waals surface area contributed by atoms with Crippen molar-refractivity contribution in [2.24, 2.45) is 0 Å². The van der Waals surface area contributed by atoms with E-state index in [1.54, 1.807) is 21.1 Å². The lowest BCUT2D eigenvalue weighted by Crippen LogP contribution is -2.55. The summed E-state index contributed by atoms with van der Waals surface area (Å²) in [7, 11) is 5.39. The lowest BCUT2D eigenvalue weighted by atomic mass is 10.1. The highest BCUT2D eigenvalue weighted by atomic mass is 16.6. The number of carboxylic acid groups (broad SMARTS) is 1. The van der Waals surface area contributed by atoms with Crippen LogP contribution in [0.4, 0.5) is 0 Å². The number of carbonyl (C=O) groups excluding carboxylic acids is 3. The molecule has 0 aromatic heterocycles. The first-order chi connectivity index (χ1) is 25.1. The van der Waals surface area contributed by atoms with Gasteiger partial charge in [0.2, 0.25) is 0 Å². The van der Waals surface area contributed by atoms with Crippen LogP contribution in [0.25, 0.3) is 0 Å². The van der Waals surface area contributed by atoms with Gasteiger partial charge in [0, 0.05) is 19.3 Å². The number of carbonyl (C=O) groups is 3. The van der Waals surface area contributed by atoms with Gasteiger partial charge in [-0.3, -0.25) is 9.59 Å². The molecular formula is C44H81NO7. The van der Waals surface area contributed by atoms with E-state index in [1.165, 1.54) is 116 Å². The largest absolute Gasteiger partial charge is 0.544 e. The van der Waals surface area contributed by atoms with Gasteiger partial charge in [-0.2, -0.15) is 0 Å². The number of esters is 2. The summed E-state index contributed by atoms with van der Waals surface area (Å²) in [4.78, 5) is 36.6. The first kappa shape index (κ1) is 49.8. The molecule has 0 radical (unpaired) electrons. The van der Waals surface area contributed by atoms with Crippen LogP contribution < -0.4 is 5.11 Å². The molecule has 8 nitrogen and oxygen atoms in total. The average molecular weight is 736 g/mol. The Morgan fingerprint density at radius 1 is 0.558 bits per heavy atom. The normalized spacial score (nSPS) is 13.2. The monoisotopic (exact) mass is 736 g/mol. The Bertz CT molecular complexity index is 911. The van der Waals surface area contributed by atoms with Crippen LogP contribution in [0.5, 0.6) is 0 Å². The maximum atomic E-state index is 12.6. The Morgan fingerprint density at radius 3 is 1.48 bits per heavy atom. The van der Waals surface area contributed by atoms with Crippen molar-refractivity contribution in [1.29, 1.82) is 0 Å². The number of allylic oxidation sites excluding steroid dienone is 4. The molecule has 0 aliphatic heterocycles. The van der Waals surface area contributed by atoms with Crippen molar-refractivity contribution in [2.75, 3.05) is 41.0 Å². The summed E-state index contributed by atoms with van der Waals surface area (Å²) in [5, 5.41) is 11.6. The fraction of sp³-hybridized carbons (Fsp3) is 0.841. The summed E-state index contributed by atoms with van der Waals surface area (Å²) < 4.78 is 17.0. The van der Waals surface area contributed by atoms with Crippen molar-refractivity contribution in [3.05, 3.63) is 24.3 Å². The van der Waals surface area contributed by atoms with Gasteiger partial charge in [-0.05, 0) is 51.4 Å². The van der Waals surface area contributed by atoms with Crippen LogP contribution in [0, 0.1) is 0 Å². The number of nitrogens with zero attached hydrogens (tertiary/aromatic N) is 1. The minimum atomic E-state index is -1.13. The molecule has 0 spiro atoms. The summed E-state index contributed by atoms with van der Waals surface area (Å²) in [6, 6.07) is -0.728. The van der Waals surface area contributed by atoms with Gasteiger partial charge in [0.15, 0.2) is 6.10 Å². The number of rotatable bonds is 38. The van der Waals surface area contributed by atoms with Crippen molar-refractivity contribution in [1.82, 2.24) is 0 Å². The van der Waals surface area contributed by atoms with Crippen molar-refractivity contribution in [3.63, 3.8) is 0 Å². The van der Waals surface area contributed by atoms with E-state index in [0.717, 1.165) is 32.1 Å². The van der Waals surface area contributed by atoms with E-state index in [4.69, 9.17) is 14.2 Å². The van der Waals surface area contributed by atoms with E-state index in [9.17, 15) is 19.5 Å². The number of ether oxygens (including phenoxy) is 3. The standard InChI is InChI=1S/C44H81NO7/c1-6-8-10-12-14-16-17-18-19-20-21-22-23-24-25-26-27-29-30-32-34-42(46)51-39-40(38-50-37-36-41(44(48)49)45(3,4)5)52-43(47)35-33-31-28-15-13-11-9-7-2/h21-22,28,31,40-41H,6-20,23-27,29-30,32-39H2,1-5H3/b22-21+,31-28+. The van der Waals surface area contributed by atoms with E-state index in [0.29, 0.717) is 12.8 Å². The van der Waals surface area contributed by atoms with Crippen LogP contribution in [0.2, 0.25) is 0 Å². The molecule has 0 aliphatic rings. The summed E-state index contributed by atoms with van der Waals surface area (Å²) in [5.74, 6) is -1.80. The number of aliphatic carboxylic acids is 1. The molecule has 0 saturated heterocycles. The topological polar surface area (TPSA) is 102 Å². The van der Waals surface area contributed by atoms with Gasteiger partial charge < -0.3 is 28.6 Å². The van der Waals surface area contributed by atoms with E-state index < -0.39 is 18.1 Å². The summed E-state index contributed by atoms with van der Waals surface area (Å²) in [5.41, 5.74) is 0. The maximum Gasteiger partial charge on any atom is 0.306 e. The molecular weight excluding hydrogens is 654 g/mol. The second-order valence-corrected chi connectivity index (χ2v) is 15.6. The summed E-state index contributed by atoms with van der Waals surface area (Å²) in [6.45, 7) is 4.57. The third-order valence-corrected chi connectivity index (χ3v) is 9.57. The number of carboxylic acids is 1. The predicted octanol–water partition coefficient (Wildman–Crippen LogP) is 9.97. The van der Waals surface area contributed by atoms with E-state index in [2.05, 4.69) is 32.1 Å². The third-order valence-electron chi connectivity index (χ3n) is 9.57. The average Bonchev–Trinajstić information content (AvgIpc) is 3.09. The van der Waals surface area contributed by atoms with Crippen LogP contribution >= 0.6 is 0 Å². The highest BCUT2D eigenvalue weighted by Crippen LogP contribution is 2.14. The molecule has 0 N–H and O–H groups in total. The van der Waals surface area contributed by atoms with Gasteiger partial charge in [-0.25, -0.2) is 0 Å². The molecule has 304 valence electrons. The molecule has 0 aliphatic carbocycles. The van der Waals surface area contributed by atoms with Crippen molar-refractivity contribution in [3.8, 4) is 0 Å². The predicted molar refractivity (Wildman–Crippen MR) is 213 cm³/mol. The van der Waals surface area contributed by atoms with Gasteiger partial charge in [-0.1, -0.05) is 141 Å². The number of hydrogen-bond acceptors (Lipinski definition) is 7. The van der Waals surface area contributed by atoms with E-state index in [1.807, 2.05) is 6.08 Å². The van der Waals surface area contributed by atoms with Gasteiger partial charge in [0.05, 0.1) is 40.3 Å². The Balaban J connectivity index is 4.22. The Labute approximate surface area is 320 Å². The van der Waals surface area contributed by atoms with Gasteiger partial charge in [0.25, 0.3) is 0 Å². The van der Waals surface area contributed by atoms with Crippen LogP contribution in [-0.2, 0) is 28.6 Å². The van der Waals surface area contributed by atoms with E-state index >= 15 is 0 Å². The molecule has 2 atom stereocenters. The van der Waals surface area contributed by atoms with Gasteiger partial charge in [0.1, 0.15) is 12.6 Å². The zero-order valence-corrected chi connectivity index (χ0v) is 34.5. The zero-order chi connectivity index (χ0) is 38.5. The number of hydrogen-bond donors (Lipinski definition) is 0. The highest BCUT2D eigenvalue weighted by molar-refractivity contribution is 5.70. The molecule has 0 bridgehead atoms. The van der Waals surface area contributed by atoms with Crippen molar-refractivity contribution >= 4 is 17.9 Å². The van der Waals surface area contributed by atoms with Crippen LogP contribution in [-0.4, -0.2) is 75.5 Å². The summed E-state index contributed by atoms with van der Waals surface area (Å²) in [6.07, 6.45) is 38.0. The molecule has 0 aromatic carbocycles. The lowest BCUT2D eigenvalue weighted by Gasteiger charge is -2.34. The van der Waals surface area contributed by atoms with Crippen LogP contribution in [0.1, 0.15) is 187 Å². The number of likely N-dealkylation sites (N-methyl/N-ethyl adjacent to an activating group) is 1. The first-order valence-electron chi connectivity index (χ1n) is 21.4. The van der Waals surface area contributed by atoms with Crippen LogP contribution in [0.15, 0.2) is 24.3 Å². The molecule has 2 unspecified atom stereocenters. The zero-order valence-electron chi connectivity index (χ0n) is 34.5. The lowest BCUT2D eigenvalue weighted by molar-refractivity contribution is -0.889. The SMILES string of the molecule is CCCCCC/C=C/CCC(=O)OC(COCCC(C(=O)[O-])[N+](C)(C)C)COC(=O)CCCCCCCCC/C=C/CCCCCCCCCCC. The smallest absolute Gasteiger partial charge is 0.306 e. The molecule has 0 saturated carbocycles. The fourth-order valence-corrected chi connectivity index (χ4v) is 6.20. The van der Waals surface area contributed by atoms with Crippen molar-refractivity contribution in [2.45, 2.75) is 199 Å². The van der Waals surface area contributed by atoms with E-state index in [-0.39, 0.29) is 49.1 Å². The molecule has 52 heavy (non-hydrogen) atoms. The second-order valence-electron chi connectivity index (χ2n) is 15.6. The molecule has 0 rings (SSSR count). The van der Waals surface area contributed by atoms with Crippen molar-refractivity contribution < 1.29 is 38.2 Å². The number of unbranched alkanes of at least 4 members (excludes halogenated alkanes) is 20.